The maximum absolute atomic E-state index is 12.6. The largest absolute Gasteiger partial charge is 0.395 e. The van der Waals surface area contributed by atoms with Gasteiger partial charge in [-0.2, -0.15) is 10.4 Å². The number of rotatable bonds is 6. The monoisotopic (exact) mass is 380 g/mol. The van der Waals surface area contributed by atoms with Crippen LogP contribution in [0.3, 0.4) is 0 Å². The summed E-state index contributed by atoms with van der Waals surface area (Å²) in [5, 5.41) is 26.6. The molecule has 3 aromatic rings. The zero-order valence-electron chi connectivity index (χ0n) is 14.3. The first-order valence-corrected chi connectivity index (χ1v) is 8.66. The predicted octanol–water partition coefficient (Wildman–Crippen LogP) is 2.98. The van der Waals surface area contributed by atoms with E-state index >= 15 is 0 Å². The number of amides is 1. The number of aliphatic hydroxyl groups excluding tert-OH is 1. The standard InChI is InChI=1S/C20H17ClN4O2/c21-16-8-6-14(7-9-16)18(13-26)20(27)24-19(10-22)15-11-23-25(12-15)17-4-2-1-3-5-17/h1-9,11-12,18-19,26H,13H2,(H,24,27). The number of nitrogens with zero attached hydrogens (tertiary/aromatic N) is 3. The van der Waals surface area contributed by atoms with Gasteiger partial charge in [-0.25, -0.2) is 4.68 Å². The third kappa shape index (κ3) is 4.34. The fraction of sp³-hybridized carbons (Fsp3) is 0.150. The molecule has 0 saturated carbocycles. The van der Waals surface area contributed by atoms with E-state index in [9.17, 15) is 15.2 Å². The van der Waals surface area contributed by atoms with Crippen molar-refractivity contribution < 1.29 is 9.90 Å². The van der Waals surface area contributed by atoms with Gasteiger partial charge in [-0.05, 0) is 29.8 Å². The molecule has 0 spiro atoms. The molecule has 6 nitrogen and oxygen atoms in total. The molecule has 2 N–H and O–H groups in total. The molecule has 2 atom stereocenters. The van der Waals surface area contributed by atoms with E-state index in [0.29, 0.717) is 16.1 Å². The normalized spacial score (nSPS) is 12.8. The lowest BCUT2D eigenvalue weighted by atomic mass is 9.98. The van der Waals surface area contributed by atoms with Crippen LogP contribution in [0, 0.1) is 11.3 Å². The van der Waals surface area contributed by atoms with Crippen molar-refractivity contribution in [3.63, 3.8) is 0 Å². The van der Waals surface area contributed by atoms with Crippen molar-refractivity contribution in [3.05, 3.63) is 83.1 Å². The van der Waals surface area contributed by atoms with Crippen molar-refractivity contribution in [3.8, 4) is 11.8 Å². The molecule has 0 bridgehead atoms. The lowest BCUT2D eigenvalue weighted by molar-refractivity contribution is -0.123. The second kappa shape index (κ2) is 8.49. The summed E-state index contributed by atoms with van der Waals surface area (Å²) in [7, 11) is 0. The minimum absolute atomic E-state index is 0.380. The number of aromatic nitrogens is 2. The minimum atomic E-state index is -0.878. The van der Waals surface area contributed by atoms with Crippen molar-refractivity contribution in [2.45, 2.75) is 12.0 Å². The summed E-state index contributed by atoms with van der Waals surface area (Å²) in [4.78, 5) is 12.6. The minimum Gasteiger partial charge on any atom is -0.395 e. The first kappa shape index (κ1) is 18.6. The van der Waals surface area contributed by atoms with Crippen molar-refractivity contribution in [1.29, 1.82) is 5.26 Å². The molecule has 2 unspecified atom stereocenters. The number of benzene rings is 2. The summed E-state index contributed by atoms with van der Waals surface area (Å²) in [6.07, 6.45) is 3.23. The van der Waals surface area contributed by atoms with E-state index in [0.717, 1.165) is 5.69 Å². The second-order valence-corrected chi connectivity index (χ2v) is 6.35. The Labute approximate surface area is 161 Å². The van der Waals surface area contributed by atoms with E-state index in [-0.39, 0.29) is 6.61 Å². The van der Waals surface area contributed by atoms with Crippen LogP contribution in [0.25, 0.3) is 5.69 Å². The van der Waals surface area contributed by atoms with Crippen LogP contribution in [0.1, 0.15) is 23.1 Å². The summed E-state index contributed by atoms with van der Waals surface area (Å²) < 4.78 is 1.63. The van der Waals surface area contributed by atoms with Crippen molar-refractivity contribution in [2.75, 3.05) is 6.61 Å². The number of nitrogens with one attached hydrogen (secondary N) is 1. The molecule has 1 aromatic heterocycles. The Morgan fingerprint density at radius 3 is 2.52 bits per heavy atom. The molecule has 1 heterocycles. The number of para-hydroxylation sites is 1. The fourth-order valence-corrected chi connectivity index (χ4v) is 2.80. The van der Waals surface area contributed by atoms with Gasteiger partial charge < -0.3 is 10.4 Å². The number of hydrogen-bond donors (Lipinski definition) is 2. The van der Waals surface area contributed by atoms with Crippen LogP contribution in [-0.2, 0) is 4.79 Å². The highest BCUT2D eigenvalue weighted by atomic mass is 35.5. The smallest absolute Gasteiger partial charge is 0.231 e. The Hall–Kier alpha value is -3.14. The number of hydrogen-bond acceptors (Lipinski definition) is 4. The van der Waals surface area contributed by atoms with Gasteiger partial charge in [-0.3, -0.25) is 4.79 Å². The summed E-state index contributed by atoms with van der Waals surface area (Å²) in [6.45, 7) is -0.380. The Balaban J connectivity index is 1.76. The summed E-state index contributed by atoms with van der Waals surface area (Å²) in [5.74, 6) is -1.24. The van der Waals surface area contributed by atoms with Gasteiger partial charge in [0.2, 0.25) is 5.91 Å². The average Bonchev–Trinajstić information content (AvgIpc) is 3.19. The third-order valence-electron chi connectivity index (χ3n) is 4.14. The zero-order valence-corrected chi connectivity index (χ0v) is 15.0. The maximum atomic E-state index is 12.6. The number of aliphatic hydroxyl groups is 1. The molecule has 0 aliphatic rings. The van der Waals surface area contributed by atoms with E-state index in [2.05, 4.69) is 16.5 Å². The van der Waals surface area contributed by atoms with Crippen LogP contribution < -0.4 is 5.32 Å². The molecular formula is C20H17ClN4O2. The molecule has 0 aliphatic heterocycles. The zero-order chi connectivity index (χ0) is 19.2. The summed E-state index contributed by atoms with van der Waals surface area (Å²) >= 11 is 5.86. The van der Waals surface area contributed by atoms with Gasteiger partial charge >= 0.3 is 0 Å². The van der Waals surface area contributed by atoms with E-state index < -0.39 is 17.9 Å². The van der Waals surface area contributed by atoms with Gasteiger partial charge in [0, 0.05) is 16.8 Å². The van der Waals surface area contributed by atoms with E-state index in [1.807, 2.05) is 30.3 Å². The molecule has 2 aromatic carbocycles. The molecule has 0 fully saturated rings. The van der Waals surface area contributed by atoms with E-state index in [1.165, 1.54) is 6.20 Å². The Morgan fingerprint density at radius 2 is 1.89 bits per heavy atom. The Bertz CT molecular complexity index is 948. The number of carbonyl (C=O) groups excluding carboxylic acids is 1. The van der Waals surface area contributed by atoms with Crippen LogP contribution in [0.5, 0.6) is 0 Å². The van der Waals surface area contributed by atoms with Crippen molar-refractivity contribution in [2.24, 2.45) is 0 Å². The highest BCUT2D eigenvalue weighted by Crippen LogP contribution is 2.21. The third-order valence-corrected chi connectivity index (χ3v) is 4.40. The summed E-state index contributed by atoms with van der Waals surface area (Å²) in [5.41, 5.74) is 2.03. The molecular weight excluding hydrogens is 364 g/mol. The number of carbonyl (C=O) groups is 1. The first-order valence-electron chi connectivity index (χ1n) is 8.28. The average molecular weight is 381 g/mol. The Kier molecular flexibility index (Phi) is 5.87. The van der Waals surface area contributed by atoms with Crippen LogP contribution in [-0.4, -0.2) is 27.4 Å². The van der Waals surface area contributed by atoms with Gasteiger partial charge in [0.15, 0.2) is 0 Å². The highest BCUT2D eigenvalue weighted by molar-refractivity contribution is 6.30. The SMILES string of the molecule is N#CC(NC(=O)C(CO)c1ccc(Cl)cc1)c1cnn(-c2ccccc2)c1. The van der Waals surface area contributed by atoms with E-state index in [1.54, 1.807) is 35.1 Å². The second-order valence-electron chi connectivity index (χ2n) is 5.91. The topological polar surface area (TPSA) is 90.9 Å². The van der Waals surface area contributed by atoms with Crippen molar-refractivity contribution >= 4 is 17.5 Å². The van der Waals surface area contributed by atoms with E-state index in [4.69, 9.17) is 11.6 Å². The predicted molar refractivity (Wildman–Crippen MR) is 101 cm³/mol. The fourth-order valence-electron chi connectivity index (χ4n) is 2.68. The maximum Gasteiger partial charge on any atom is 0.231 e. The Morgan fingerprint density at radius 1 is 1.19 bits per heavy atom. The first-order chi connectivity index (χ1) is 13.1. The van der Waals surface area contributed by atoms with Gasteiger partial charge in [0.1, 0.15) is 6.04 Å². The van der Waals surface area contributed by atoms with Gasteiger partial charge in [-0.1, -0.05) is 41.9 Å². The molecule has 3 rings (SSSR count). The van der Waals surface area contributed by atoms with Gasteiger partial charge in [-0.15, -0.1) is 0 Å². The highest BCUT2D eigenvalue weighted by Gasteiger charge is 2.24. The lowest BCUT2D eigenvalue weighted by Gasteiger charge is -2.17. The summed E-state index contributed by atoms with van der Waals surface area (Å²) in [6, 6.07) is 17.3. The van der Waals surface area contributed by atoms with Crippen molar-refractivity contribution in [1.82, 2.24) is 15.1 Å². The van der Waals surface area contributed by atoms with Crippen LogP contribution in [0.4, 0.5) is 0 Å². The van der Waals surface area contributed by atoms with Crippen LogP contribution in [0.2, 0.25) is 5.02 Å². The van der Waals surface area contributed by atoms with Gasteiger partial charge in [0.05, 0.1) is 30.5 Å². The molecule has 1 amide bonds. The van der Waals surface area contributed by atoms with Gasteiger partial charge in [0.25, 0.3) is 0 Å². The molecule has 27 heavy (non-hydrogen) atoms. The quantitative estimate of drug-likeness (QED) is 0.687. The molecule has 0 radical (unpaired) electrons. The van der Waals surface area contributed by atoms with Crippen LogP contribution >= 0.6 is 11.6 Å². The molecule has 136 valence electrons. The molecule has 7 heteroatoms. The van der Waals surface area contributed by atoms with Crippen LogP contribution in [0.15, 0.2) is 67.0 Å². The number of halogens is 1. The molecule has 0 aliphatic carbocycles. The molecule has 0 saturated heterocycles. The number of nitriles is 1. The lowest BCUT2D eigenvalue weighted by Crippen LogP contribution is -2.33.